The molecule has 2 unspecified atom stereocenters. The number of amides is 1. The number of rotatable bonds is 14. The summed E-state index contributed by atoms with van der Waals surface area (Å²) in [6.07, 6.45) is 0.569. The zero-order valence-electron chi connectivity index (χ0n) is 23.7. The van der Waals surface area contributed by atoms with Crippen LogP contribution in [0.2, 0.25) is 0 Å². The Morgan fingerprint density at radius 2 is 1.54 bits per heavy atom. The Morgan fingerprint density at radius 3 is 2.00 bits per heavy atom. The zero-order valence-corrected chi connectivity index (χ0v) is 24.6. The third kappa shape index (κ3) is 9.26. The molecule has 37 heavy (non-hydrogen) atoms. The first kappa shape index (κ1) is 31.0. The minimum Gasteiger partial charge on any atom is -0.497 e. The standard InChI is InChI=1S/C29H45N2O5P/c1-9-35-37(33,36-10-2)28(24-16-18-25(34-8)19-17-24)31(21-23-14-12-11-13-15-23)26(20-22(3)4)27(32)30-29(5,6)7/h11-19,22,26,28H,9-10,20-21H2,1-8H3,(H,30,32). The topological polar surface area (TPSA) is 77.1 Å². The Labute approximate surface area is 223 Å². The Balaban J connectivity index is 2.79. The van der Waals surface area contributed by atoms with Gasteiger partial charge >= 0.3 is 7.60 Å². The molecule has 0 aliphatic heterocycles. The zero-order chi connectivity index (χ0) is 27.6. The first-order valence-corrected chi connectivity index (χ1v) is 14.7. The van der Waals surface area contributed by atoms with E-state index in [4.69, 9.17) is 13.8 Å². The van der Waals surface area contributed by atoms with Crippen LogP contribution in [-0.2, 0) is 25.0 Å². The highest BCUT2D eigenvalue weighted by Gasteiger charge is 2.46. The molecule has 7 nitrogen and oxygen atoms in total. The van der Waals surface area contributed by atoms with Crippen LogP contribution in [0.15, 0.2) is 54.6 Å². The van der Waals surface area contributed by atoms with Crippen molar-refractivity contribution >= 4 is 13.5 Å². The summed E-state index contributed by atoms with van der Waals surface area (Å²) in [5, 5.41) is 3.16. The number of ether oxygens (including phenoxy) is 1. The van der Waals surface area contributed by atoms with Crippen molar-refractivity contribution < 1.29 is 23.1 Å². The Hall–Kier alpha value is -2.18. The van der Waals surface area contributed by atoms with Crippen LogP contribution in [0.1, 0.15) is 71.8 Å². The molecule has 0 saturated heterocycles. The molecule has 0 spiro atoms. The van der Waals surface area contributed by atoms with Crippen molar-refractivity contribution in [1.82, 2.24) is 10.2 Å². The number of carbonyl (C=O) groups is 1. The van der Waals surface area contributed by atoms with Gasteiger partial charge in [-0.1, -0.05) is 56.3 Å². The monoisotopic (exact) mass is 532 g/mol. The van der Waals surface area contributed by atoms with Gasteiger partial charge in [0.2, 0.25) is 5.91 Å². The Kier molecular flexibility index (Phi) is 11.8. The van der Waals surface area contributed by atoms with Gasteiger partial charge in [-0.15, -0.1) is 0 Å². The summed E-state index contributed by atoms with van der Waals surface area (Å²) in [6.45, 7) is 14.5. The minimum atomic E-state index is -3.75. The van der Waals surface area contributed by atoms with Crippen LogP contribution in [0.4, 0.5) is 0 Å². The van der Waals surface area contributed by atoms with Crippen LogP contribution in [-0.4, -0.2) is 42.7 Å². The summed E-state index contributed by atoms with van der Waals surface area (Å²) >= 11 is 0. The molecule has 2 aromatic carbocycles. The van der Waals surface area contributed by atoms with E-state index in [2.05, 4.69) is 19.2 Å². The van der Waals surface area contributed by atoms with Gasteiger partial charge in [-0.2, -0.15) is 0 Å². The van der Waals surface area contributed by atoms with Crippen molar-refractivity contribution in [2.24, 2.45) is 5.92 Å². The lowest BCUT2D eigenvalue weighted by molar-refractivity contribution is -0.129. The van der Waals surface area contributed by atoms with Crippen LogP contribution in [0.25, 0.3) is 0 Å². The van der Waals surface area contributed by atoms with E-state index in [0.29, 0.717) is 18.7 Å². The van der Waals surface area contributed by atoms with Gasteiger partial charge < -0.3 is 19.1 Å². The van der Waals surface area contributed by atoms with Gasteiger partial charge in [0.25, 0.3) is 0 Å². The Bertz CT molecular complexity index is 995. The molecule has 206 valence electrons. The fourth-order valence-electron chi connectivity index (χ4n) is 4.32. The number of methoxy groups -OCH3 is 1. The average Bonchev–Trinajstić information content (AvgIpc) is 2.82. The van der Waals surface area contributed by atoms with E-state index >= 15 is 0 Å². The first-order valence-electron chi connectivity index (χ1n) is 13.1. The maximum Gasteiger partial charge on any atom is 0.352 e. The molecule has 2 aromatic rings. The quantitative estimate of drug-likeness (QED) is 0.270. The fraction of sp³-hybridized carbons (Fsp3) is 0.552. The second kappa shape index (κ2) is 14.1. The van der Waals surface area contributed by atoms with Crippen LogP contribution >= 0.6 is 7.60 Å². The summed E-state index contributed by atoms with van der Waals surface area (Å²) in [7, 11) is -2.14. The van der Waals surface area contributed by atoms with Gasteiger partial charge in [0.15, 0.2) is 0 Å². The van der Waals surface area contributed by atoms with Crippen molar-refractivity contribution in [3.63, 3.8) is 0 Å². The third-order valence-corrected chi connectivity index (χ3v) is 8.18. The van der Waals surface area contributed by atoms with Crippen LogP contribution in [0.3, 0.4) is 0 Å². The van der Waals surface area contributed by atoms with Gasteiger partial charge in [-0.3, -0.25) is 14.3 Å². The largest absolute Gasteiger partial charge is 0.497 e. The van der Waals surface area contributed by atoms with Gasteiger partial charge in [0.1, 0.15) is 11.5 Å². The number of hydrogen-bond acceptors (Lipinski definition) is 6. The van der Waals surface area contributed by atoms with E-state index in [1.165, 1.54) is 0 Å². The van der Waals surface area contributed by atoms with Crippen LogP contribution < -0.4 is 10.1 Å². The maximum absolute atomic E-state index is 14.5. The van der Waals surface area contributed by atoms with E-state index in [1.807, 2.05) is 80.3 Å². The summed E-state index contributed by atoms with van der Waals surface area (Å²) in [5.41, 5.74) is 1.31. The lowest BCUT2D eigenvalue weighted by Gasteiger charge is -2.41. The highest BCUT2D eigenvalue weighted by atomic mass is 31.2. The molecule has 0 radical (unpaired) electrons. The predicted molar refractivity (Wildman–Crippen MR) is 150 cm³/mol. The third-order valence-electron chi connectivity index (χ3n) is 5.75. The normalized spacial score (nSPS) is 14.0. The van der Waals surface area contributed by atoms with Crippen molar-refractivity contribution in [2.45, 2.75) is 78.8 Å². The van der Waals surface area contributed by atoms with Gasteiger partial charge in [0.05, 0.1) is 26.4 Å². The summed E-state index contributed by atoms with van der Waals surface area (Å²) in [5.74, 6) is -0.0313. The number of carbonyl (C=O) groups excluding carboxylic acids is 1. The molecule has 0 saturated carbocycles. The van der Waals surface area contributed by atoms with Crippen LogP contribution in [0.5, 0.6) is 5.75 Å². The molecular weight excluding hydrogens is 487 g/mol. The van der Waals surface area contributed by atoms with Gasteiger partial charge in [0, 0.05) is 12.1 Å². The highest BCUT2D eigenvalue weighted by molar-refractivity contribution is 7.54. The number of benzene rings is 2. The van der Waals surface area contributed by atoms with Crippen molar-refractivity contribution in [1.29, 1.82) is 0 Å². The molecule has 2 atom stereocenters. The highest BCUT2D eigenvalue weighted by Crippen LogP contribution is 2.63. The molecule has 8 heteroatoms. The SMILES string of the molecule is CCOP(=O)(OCC)C(c1ccc(OC)cc1)N(Cc1ccccc1)C(CC(C)C)C(=O)NC(C)(C)C. The number of nitrogens with zero attached hydrogens (tertiary/aromatic N) is 1. The van der Waals surface area contributed by atoms with E-state index < -0.39 is 25.0 Å². The lowest BCUT2D eigenvalue weighted by Crippen LogP contribution is -2.53. The lowest BCUT2D eigenvalue weighted by atomic mass is 9.98. The van der Waals surface area contributed by atoms with E-state index in [9.17, 15) is 9.36 Å². The molecule has 0 heterocycles. The van der Waals surface area contributed by atoms with Crippen molar-refractivity contribution in [2.75, 3.05) is 20.3 Å². The van der Waals surface area contributed by atoms with Crippen molar-refractivity contribution in [3.05, 3.63) is 65.7 Å². The molecule has 0 fully saturated rings. The minimum absolute atomic E-state index is 0.116. The summed E-state index contributed by atoms with van der Waals surface area (Å²) < 4.78 is 31.8. The molecule has 2 rings (SSSR count). The van der Waals surface area contributed by atoms with Gasteiger partial charge in [-0.05, 0) is 70.2 Å². The van der Waals surface area contributed by atoms with E-state index in [0.717, 1.165) is 11.1 Å². The molecule has 0 aliphatic rings. The van der Waals surface area contributed by atoms with E-state index in [1.54, 1.807) is 21.0 Å². The first-order chi connectivity index (χ1) is 17.4. The smallest absolute Gasteiger partial charge is 0.352 e. The fourth-order valence-corrected chi connectivity index (χ4v) is 6.54. The van der Waals surface area contributed by atoms with E-state index in [-0.39, 0.29) is 25.0 Å². The molecule has 0 bridgehead atoms. The van der Waals surface area contributed by atoms with Gasteiger partial charge in [-0.25, -0.2) is 0 Å². The molecule has 0 aromatic heterocycles. The maximum atomic E-state index is 14.5. The molecule has 0 aliphatic carbocycles. The summed E-state index contributed by atoms with van der Waals surface area (Å²) in [6, 6.07) is 16.7. The molecular formula is C29H45N2O5P. The molecule has 1 amide bonds. The second-order valence-corrected chi connectivity index (χ2v) is 12.6. The molecule has 1 N–H and O–H groups in total. The van der Waals surface area contributed by atoms with Crippen LogP contribution in [0, 0.1) is 5.92 Å². The predicted octanol–water partition coefficient (Wildman–Crippen LogP) is 6.79. The average molecular weight is 533 g/mol. The number of hydrogen-bond donors (Lipinski definition) is 1. The Morgan fingerprint density at radius 1 is 0.973 bits per heavy atom. The summed E-state index contributed by atoms with van der Waals surface area (Å²) in [4.78, 5) is 15.9. The number of nitrogens with one attached hydrogen (secondary N) is 1. The van der Waals surface area contributed by atoms with Crippen molar-refractivity contribution in [3.8, 4) is 5.75 Å². The second-order valence-electron chi connectivity index (χ2n) is 10.6.